The highest BCUT2D eigenvalue weighted by atomic mass is 19.4. The van der Waals surface area contributed by atoms with Crippen molar-refractivity contribution in [2.75, 3.05) is 5.32 Å². The molecule has 32 heavy (non-hydrogen) atoms. The number of rotatable bonds is 5. The maximum Gasteiger partial charge on any atom is 0.417 e. The number of hydrogen-bond donors (Lipinski definition) is 1. The summed E-state index contributed by atoms with van der Waals surface area (Å²) in [6.07, 6.45) is -1.33. The summed E-state index contributed by atoms with van der Waals surface area (Å²) >= 11 is 0. The Kier molecular flexibility index (Phi) is 5.45. The zero-order chi connectivity index (χ0) is 23.0. The third-order valence-electron chi connectivity index (χ3n) is 5.11. The molecule has 1 N–H and O–H groups in total. The van der Waals surface area contributed by atoms with Crippen molar-refractivity contribution in [3.8, 4) is 0 Å². The number of nitrogens with zero attached hydrogens (tertiary/aromatic N) is 5. The van der Waals surface area contributed by atoms with Gasteiger partial charge in [0.2, 0.25) is 5.91 Å². The first kappa shape index (κ1) is 21.5. The summed E-state index contributed by atoms with van der Waals surface area (Å²) in [5.41, 5.74) is 2.31. The SMILES string of the molecule is Cc1cc(C(F)(F)F)c2c(C)nn(CC(=O)Nc3cnn(Cc4ccccc4C)c3)c2n1. The number of aryl methyl sites for hydroxylation is 3. The summed E-state index contributed by atoms with van der Waals surface area (Å²) in [5, 5.41) is 11.0. The molecule has 1 aromatic carbocycles. The number of amides is 1. The minimum Gasteiger partial charge on any atom is -0.322 e. The minimum atomic E-state index is -4.54. The zero-order valence-corrected chi connectivity index (χ0v) is 17.7. The third-order valence-corrected chi connectivity index (χ3v) is 5.11. The molecular formula is C22H21F3N6O. The van der Waals surface area contributed by atoms with E-state index in [4.69, 9.17) is 0 Å². The van der Waals surface area contributed by atoms with Crippen LogP contribution in [0.25, 0.3) is 11.0 Å². The zero-order valence-electron chi connectivity index (χ0n) is 17.7. The molecule has 0 fully saturated rings. The molecule has 0 bridgehead atoms. The van der Waals surface area contributed by atoms with Gasteiger partial charge in [0.25, 0.3) is 0 Å². The van der Waals surface area contributed by atoms with Crippen molar-refractivity contribution in [1.29, 1.82) is 0 Å². The quantitative estimate of drug-likeness (QED) is 0.501. The summed E-state index contributed by atoms with van der Waals surface area (Å²) in [7, 11) is 0. The van der Waals surface area contributed by atoms with E-state index in [0.717, 1.165) is 17.2 Å². The number of halogens is 3. The lowest BCUT2D eigenvalue weighted by Gasteiger charge is -2.10. The number of benzene rings is 1. The Labute approximate surface area is 181 Å². The molecular weight excluding hydrogens is 421 g/mol. The number of carbonyl (C=O) groups excluding carboxylic acids is 1. The maximum atomic E-state index is 13.5. The first-order valence-electron chi connectivity index (χ1n) is 9.90. The molecule has 0 saturated heterocycles. The molecule has 166 valence electrons. The summed E-state index contributed by atoms with van der Waals surface area (Å²) in [6, 6.07) is 8.92. The van der Waals surface area contributed by atoms with Crippen LogP contribution in [0.5, 0.6) is 0 Å². The molecule has 1 amide bonds. The van der Waals surface area contributed by atoms with Crippen LogP contribution in [0.15, 0.2) is 42.7 Å². The van der Waals surface area contributed by atoms with Gasteiger partial charge in [0.15, 0.2) is 5.65 Å². The molecule has 4 rings (SSSR count). The van der Waals surface area contributed by atoms with Crippen molar-refractivity contribution < 1.29 is 18.0 Å². The second-order valence-electron chi connectivity index (χ2n) is 7.65. The highest BCUT2D eigenvalue weighted by Gasteiger charge is 2.35. The number of alkyl halides is 3. The van der Waals surface area contributed by atoms with Gasteiger partial charge in [0.1, 0.15) is 6.54 Å². The van der Waals surface area contributed by atoms with Crippen LogP contribution in [0.4, 0.5) is 18.9 Å². The Balaban J connectivity index is 1.52. The molecule has 0 saturated carbocycles. The van der Waals surface area contributed by atoms with Crippen molar-refractivity contribution in [1.82, 2.24) is 24.5 Å². The van der Waals surface area contributed by atoms with E-state index >= 15 is 0 Å². The topological polar surface area (TPSA) is 77.6 Å². The van der Waals surface area contributed by atoms with Gasteiger partial charge in [-0.25, -0.2) is 9.67 Å². The van der Waals surface area contributed by atoms with Crippen LogP contribution in [-0.4, -0.2) is 30.5 Å². The Bertz CT molecular complexity index is 1300. The monoisotopic (exact) mass is 442 g/mol. The number of hydrogen-bond acceptors (Lipinski definition) is 4. The molecule has 0 radical (unpaired) electrons. The Hall–Kier alpha value is -3.69. The Morgan fingerprint density at radius 1 is 1.16 bits per heavy atom. The molecule has 3 aromatic heterocycles. The summed E-state index contributed by atoms with van der Waals surface area (Å²) < 4.78 is 43.3. The van der Waals surface area contributed by atoms with Gasteiger partial charge < -0.3 is 5.32 Å². The summed E-state index contributed by atoms with van der Waals surface area (Å²) in [6.45, 7) is 5.23. The molecule has 0 spiro atoms. The number of pyridine rings is 1. The van der Waals surface area contributed by atoms with Crippen LogP contribution in [0.1, 0.15) is 28.1 Å². The average molecular weight is 442 g/mol. The molecule has 10 heteroatoms. The maximum absolute atomic E-state index is 13.5. The lowest BCUT2D eigenvalue weighted by atomic mass is 10.1. The van der Waals surface area contributed by atoms with Crippen LogP contribution >= 0.6 is 0 Å². The lowest BCUT2D eigenvalue weighted by molar-refractivity contribution is -0.136. The van der Waals surface area contributed by atoms with Crippen molar-refractivity contribution in [3.63, 3.8) is 0 Å². The third kappa shape index (κ3) is 4.34. The number of nitrogens with one attached hydrogen (secondary N) is 1. The smallest absolute Gasteiger partial charge is 0.322 e. The van der Waals surface area contributed by atoms with Crippen molar-refractivity contribution >= 4 is 22.6 Å². The van der Waals surface area contributed by atoms with E-state index in [1.54, 1.807) is 10.9 Å². The number of aromatic nitrogens is 5. The Morgan fingerprint density at radius 2 is 1.91 bits per heavy atom. The first-order chi connectivity index (χ1) is 15.1. The van der Waals surface area contributed by atoms with Crippen LogP contribution in [0.3, 0.4) is 0 Å². The van der Waals surface area contributed by atoms with Crippen molar-refractivity contribution in [3.05, 3.63) is 70.8 Å². The minimum absolute atomic E-state index is 0.0280. The number of carbonyl (C=O) groups is 1. The molecule has 0 aliphatic rings. The van der Waals surface area contributed by atoms with Gasteiger partial charge in [-0.05, 0) is 38.0 Å². The largest absolute Gasteiger partial charge is 0.417 e. The Morgan fingerprint density at radius 3 is 2.62 bits per heavy atom. The standard InChI is InChI=1S/C22H21F3N6O/c1-13-6-4-5-7-16(13)10-30-11-17(9-26-30)28-19(32)12-31-21-20(15(3)29-31)18(22(23,24)25)8-14(2)27-21/h4-9,11H,10,12H2,1-3H3,(H,28,32). The van der Waals surface area contributed by atoms with Gasteiger partial charge in [-0.1, -0.05) is 24.3 Å². The van der Waals surface area contributed by atoms with Gasteiger partial charge in [-0.3, -0.25) is 9.48 Å². The average Bonchev–Trinajstić information content (AvgIpc) is 3.26. The van der Waals surface area contributed by atoms with Crippen LogP contribution in [0, 0.1) is 20.8 Å². The highest BCUT2D eigenvalue weighted by molar-refractivity contribution is 5.91. The van der Waals surface area contributed by atoms with Crippen LogP contribution in [0.2, 0.25) is 0 Å². The van der Waals surface area contributed by atoms with Gasteiger partial charge in [0, 0.05) is 11.9 Å². The van der Waals surface area contributed by atoms with E-state index in [-0.39, 0.29) is 29.0 Å². The van der Waals surface area contributed by atoms with Crippen LogP contribution < -0.4 is 5.32 Å². The summed E-state index contributed by atoms with van der Waals surface area (Å²) in [5.74, 6) is -0.443. The predicted molar refractivity (Wildman–Crippen MR) is 113 cm³/mol. The molecule has 3 heterocycles. The lowest BCUT2D eigenvalue weighted by Crippen LogP contribution is -2.19. The number of anilines is 1. The molecule has 7 nitrogen and oxygen atoms in total. The molecule has 0 aliphatic heterocycles. The van der Waals surface area contributed by atoms with Gasteiger partial charge >= 0.3 is 6.18 Å². The van der Waals surface area contributed by atoms with Gasteiger partial charge in [-0.15, -0.1) is 0 Å². The molecule has 4 aromatic rings. The van der Waals surface area contributed by atoms with E-state index < -0.39 is 17.6 Å². The van der Waals surface area contributed by atoms with Gasteiger partial charge in [0.05, 0.1) is 35.1 Å². The fourth-order valence-electron chi connectivity index (χ4n) is 3.63. The fraction of sp³-hybridized carbons (Fsp3) is 0.273. The van der Waals surface area contributed by atoms with E-state index in [1.165, 1.54) is 24.7 Å². The predicted octanol–water partition coefficient (Wildman–Crippen LogP) is 4.26. The molecule has 0 unspecified atom stereocenters. The van der Waals surface area contributed by atoms with E-state index in [1.807, 2.05) is 31.2 Å². The normalized spacial score (nSPS) is 11.8. The second kappa shape index (κ2) is 8.10. The summed E-state index contributed by atoms with van der Waals surface area (Å²) in [4.78, 5) is 16.8. The van der Waals surface area contributed by atoms with E-state index in [9.17, 15) is 18.0 Å². The van der Waals surface area contributed by atoms with Crippen LogP contribution in [-0.2, 0) is 24.1 Å². The van der Waals surface area contributed by atoms with Gasteiger partial charge in [-0.2, -0.15) is 23.4 Å². The van der Waals surface area contributed by atoms with Crippen molar-refractivity contribution in [2.45, 2.75) is 40.0 Å². The second-order valence-corrected chi connectivity index (χ2v) is 7.65. The highest BCUT2D eigenvalue weighted by Crippen LogP contribution is 2.36. The van der Waals surface area contributed by atoms with E-state index in [0.29, 0.717) is 12.2 Å². The molecule has 0 aliphatic carbocycles. The molecule has 0 atom stereocenters. The number of fused-ring (bicyclic) bond motifs is 1. The van der Waals surface area contributed by atoms with E-state index in [2.05, 4.69) is 20.5 Å². The first-order valence-corrected chi connectivity index (χ1v) is 9.90. The fourth-order valence-corrected chi connectivity index (χ4v) is 3.63. The van der Waals surface area contributed by atoms with Crippen molar-refractivity contribution in [2.24, 2.45) is 0 Å².